The smallest absolute Gasteiger partial charge is 0.328 e. The molecule has 0 fully saturated rings. The lowest BCUT2D eigenvalue weighted by atomic mass is 10.0. The van der Waals surface area contributed by atoms with E-state index < -0.39 is 47.8 Å². The maximum Gasteiger partial charge on any atom is 0.328 e. The number of hydrogen-bond donors (Lipinski definition) is 2. The Morgan fingerprint density at radius 2 is 1.07 bits per heavy atom. The molecule has 0 aliphatic carbocycles. The van der Waals surface area contributed by atoms with Crippen LogP contribution in [-0.4, -0.2) is 54.9 Å². The number of hydrogen-bond acceptors (Lipinski definition) is 12. The van der Waals surface area contributed by atoms with Crippen LogP contribution in [0.2, 0.25) is 0 Å². The summed E-state index contributed by atoms with van der Waals surface area (Å²) in [5.41, 5.74) is 7.02. The van der Waals surface area contributed by atoms with Crippen molar-refractivity contribution in [3.05, 3.63) is 47.5 Å². The lowest BCUT2D eigenvalue weighted by molar-refractivity contribution is -0.145. The van der Waals surface area contributed by atoms with Crippen LogP contribution in [0.15, 0.2) is 36.4 Å². The van der Waals surface area contributed by atoms with Gasteiger partial charge in [0.25, 0.3) is 0 Å². The van der Waals surface area contributed by atoms with Gasteiger partial charge < -0.3 is 34.7 Å². The van der Waals surface area contributed by atoms with E-state index in [0.29, 0.717) is 11.1 Å². The van der Waals surface area contributed by atoms with Crippen molar-refractivity contribution in [1.29, 1.82) is 0 Å². The summed E-state index contributed by atoms with van der Waals surface area (Å²) in [5.74, 6) is -4.07. The molecule has 1 amide bonds. The quantitative estimate of drug-likeness (QED) is 0.296. The molecular weight excluding hydrogens is 528 g/mol. The zero-order valence-electron chi connectivity index (χ0n) is 22.6. The van der Waals surface area contributed by atoms with Gasteiger partial charge in [-0.1, -0.05) is 12.1 Å². The van der Waals surface area contributed by atoms with E-state index in [1.807, 2.05) is 0 Å². The summed E-state index contributed by atoms with van der Waals surface area (Å²) in [5, 5.41) is 2.54. The Kier molecular flexibility index (Phi) is 11.3. The van der Waals surface area contributed by atoms with E-state index in [1.165, 1.54) is 64.1 Å². The van der Waals surface area contributed by atoms with Crippen molar-refractivity contribution in [2.45, 2.75) is 52.6 Å². The molecule has 0 saturated carbocycles. The van der Waals surface area contributed by atoms with Crippen LogP contribution < -0.4 is 30.0 Å². The Hall–Kier alpha value is -4.78. The fourth-order valence-electron chi connectivity index (χ4n) is 3.50. The van der Waals surface area contributed by atoms with E-state index in [9.17, 15) is 28.8 Å². The summed E-state index contributed by atoms with van der Waals surface area (Å²) in [7, 11) is 1.15. The SMILES string of the molecule is COC(=O)[C@H](Cc1ccc(OC(C)=O)c(OC(C)=O)c1)NC(=O)[C@@H](N)Cc1ccc(OC(C)=O)c(OC(C)=O)c1. The van der Waals surface area contributed by atoms with Crippen molar-refractivity contribution in [3.63, 3.8) is 0 Å². The molecule has 13 nitrogen and oxygen atoms in total. The molecule has 2 rings (SSSR count). The van der Waals surface area contributed by atoms with Gasteiger partial charge in [-0.25, -0.2) is 4.79 Å². The van der Waals surface area contributed by atoms with Gasteiger partial charge in [0.15, 0.2) is 23.0 Å². The van der Waals surface area contributed by atoms with Crippen molar-refractivity contribution in [3.8, 4) is 23.0 Å². The number of carbonyl (C=O) groups is 6. The van der Waals surface area contributed by atoms with Gasteiger partial charge in [0.05, 0.1) is 13.2 Å². The fraction of sp³-hybridized carbons (Fsp3) is 0.333. The van der Waals surface area contributed by atoms with E-state index in [4.69, 9.17) is 29.4 Å². The van der Waals surface area contributed by atoms with Gasteiger partial charge in [0.2, 0.25) is 5.91 Å². The normalized spacial score (nSPS) is 11.8. The van der Waals surface area contributed by atoms with Gasteiger partial charge >= 0.3 is 29.8 Å². The average molecular weight is 559 g/mol. The second-order valence-electron chi connectivity index (χ2n) is 8.54. The van der Waals surface area contributed by atoms with E-state index in [1.54, 1.807) is 0 Å². The van der Waals surface area contributed by atoms with Crippen LogP contribution in [0.3, 0.4) is 0 Å². The first-order valence-electron chi connectivity index (χ1n) is 11.9. The van der Waals surface area contributed by atoms with Crippen LogP contribution >= 0.6 is 0 Å². The lowest BCUT2D eigenvalue weighted by Gasteiger charge is -2.20. The first-order valence-corrected chi connectivity index (χ1v) is 11.9. The second kappa shape index (κ2) is 14.4. The van der Waals surface area contributed by atoms with Crippen molar-refractivity contribution in [2.75, 3.05) is 7.11 Å². The zero-order chi connectivity index (χ0) is 30.0. The van der Waals surface area contributed by atoms with Crippen molar-refractivity contribution >= 4 is 35.8 Å². The highest BCUT2D eigenvalue weighted by molar-refractivity contribution is 5.88. The number of methoxy groups -OCH3 is 1. The number of carbonyl (C=O) groups excluding carboxylic acids is 6. The molecule has 214 valence electrons. The highest BCUT2D eigenvalue weighted by Crippen LogP contribution is 2.30. The van der Waals surface area contributed by atoms with Gasteiger partial charge in [-0.15, -0.1) is 0 Å². The summed E-state index contributed by atoms with van der Waals surface area (Å²) in [6, 6.07) is 6.34. The maximum atomic E-state index is 12.9. The molecule has 0 saturated heterocycles. The Labute approximate surface area is 229 Å². The topological polar surface area (TPSA) is 187 Å². The molecule has 0 aliphatic heterocycles. The highest BCUT2D eigenvalue weighted by atomic mass is 16.6. The predicted octanol–water partition coefficient (Wildman–Crippen LogP) is 1.16. The number of esters is 5. The molecule has 13 heteroatoms. The van der Waals surface area contributed by atoms with E-state index in [0.717, 1.165) is 7.11 Å². The molecule has 0 spiro atoms. The standard InChI is InChI=1S/C27H30N2O11/c1-14(30)37-22-8-6-18(12-24(22)39-16(3)32)10-20(28)26(34)29-21(27(35)36-5)11-19-7-9-23(38-15(2)31)25(13-19)40-17(4)33/h6-9,12-13,20-21H,10-11,28H2,1-5H3,(H,29,34)/t20-,21-/m0/s1. The molecule has 2 atom stereocenters. The lowest BCUT2D eigenvalue weighted by Crippen LogP contribution is -2.50. The molecule has 2 aromatic rings. The van der Waals surface area contributed by atoms with Crippen LogP contribution in [0.1, 0.15) is 38.8 Å². The van der Waals surface area contributed by atoms with Gasteiger partial charge in [-0.3, -0.25) is 24.0 Å². The Balaban J connectivity index is 2.21. The summed E-state index contributed by atoms with van der Waals surface area (Å²) < 4.78 is 25.1. The van der Waals surface area contributed by atoms with Crippen LogP contribution in [0.4, 0.5) is 0 Å². The molecule has 0 heterocycles. The van der Waals surface area contributed by atoms with Crippen LogP contribution in [-0.2, 0) is 46.3 Å². The first kappa shape index (κ1) is 31.4. The summed E-state index contributed by atoms with van der Waals surface area (Å²) in [6.07, 6.45) is -0.102. The number of benzene rings is 2. The highest BCUT2D eigenvalue weighted by Gasteiger charge is 2.26. The van der Waals surface area contributed by atoms with Crippen LogP contribution in [0, 0.1) is 0 Å². The van der Waals surface area contributed by atoms with Crippen molar-refractivity contribution < 1.29 is 52.5 Å². The molecule has 0 unspecified atom stereocenters. The Morgan fingerprint density at radius 1 is 0.675 bits per heavy atom. The second-order valence-corrected chi connectivity index (χ2v) is 8.54. The van der Waals surface area contributed by atoms with E-state index >= 15 is 0 Å². The van der Waals surface area contributed by atoms with Crippen molar-refractivity contribution in [1.82, 2.24) is 5.32 Å². The van der Waals surface area contributed by atoms with Gasteiger partial charge in [0.1, 0.15) is 6.04 Å². The summed E-state index contributed by atoms with van der Waals surface area (Å²) in [6.45, 7) is 4.72. The minimum absolute atomic E-state index is 0.0000286. The molecule has 0 radical (unpaired) electrons. The summed E-state index contributed by atoms with van der Waals surface area (Å²) in [4.78, 5) is 71.0. The van der Waals surface area contributed by atoms with E-state index in [-0.39, 0.29) is 35.8 Å². The number of amides is 1. The molecule has 2 aromatic carbocycles. The maximum absolute atomic E-state index is 12.9. The minimum atomic E-state index is -1.17. The number of nitrogens with one attached hydrogen (secondary N) is 1. The molecule has 0 bridgehead atoms. The molecule has 0 aliphatic rings. The Morgan fingerprint density at radius 3 is 1.48 bits per heavy atom. The molecule has 40 heavy (non-hydrogen) atoms. The zero-order valence-corrected chi connectivity index (χ0v) is 22.6. The third kappa shape index (κ3) is 9.83. The number of nitrogens with two attached hydrogens (primary N) is 1. The minimum Gasteiger partial charge on any atom is -0.467 e. The van der Waals surface area contributed by atoms with E-state index in [2.05, 4.69) is 5.32 Å². The average Bonchev–Trinajstić information content (AvgIpc) is 2.85. The van der Waals surface area contributed by atoms with Crippen molar-refractivity contribution in [2.24, 2.45) is 5.73 Å². The fourth-order valence-corrected chi connectivity index (χ4v) is 3.50. The van der Waals surface area contributed by atoms with Gasteiger partial charge in [-0.05, 0) is 41.8 Å². The molecule has 0 aromatic heterocycles. The monoisotopic (exact) mass is 558 g/mol. The van der Waals surface area contributed by atoms with Crippen LogP contribution in [0.25, 0.3) is 0 Å². The predicted molar refractivity (Wildman–Crippen MR) is 137 cm³/mol. The van der Waals surface area contributed by atoms with Crippen LogP contribution in [0.5, 0.6) is 23.0 Å². The largest absolute Gasteiger partial charge is 0.467 e. The Bertz CT molecular complexity index is 1310. The first-order chi connectivity index (χ1) is 18.8. The number of rotatable bonds is 11. The van der Waals surface area contributed by atoms with Gasteiger partial charge in [0, 0.05) is 34.1 Å². The third-order valence-corrected chi connectivity index (χ3v) is 5.07. The van der Waals surface area contributed by atoms with Gasteiger partial charge in [-0.2, -0.15) is 0 Å². The molecule has 3 N–H and O–H groups in total. The summed E-state index contributed by atoms with van der Waals surface area (Å²) >= 11 is 0. The number of ether oxygens (including phenoxy) is 5. The molecular formula is C27H30N2O11. The third-order valence-electron chi connectivity index (χ3n) is 5.07.